The van der Waals surface area contributed by atoms with Crippen LogP contribution < -0.4 is 0 Å². The normalized spacial score (nSPS) is 23.0. The molecule has 0 radical (unpaired) electrons. The van der Waals surface area contributed by atoms with Gasteiger partial charge in [0.25, 0.3) is 0 Å². The highest BCUT2D eigenvalue weighted by molar-refractivity contribution is 6.03. The van der Waals surface area contributed by atoms with Crippen LogP contribution in [0.1, 0.15) is 20.8 Å². The molecule has 114 valence electrons. The van der Waals surface area contributed by atoms with Crippen LogP contribution >= 0.6 is 0 Å². The van der Waals surface area contributed by atoms with Gasteiger partial charge in [-0.2, -0.15) is 0 Å². The number of carbonyl (C=O) groups is 3. The zero-order chi connectivity index (χ0) is 15.6. The third-order valence-corrected chi connectivity index (χ3v) is 3.92. The number of hydrogen-bond donors (Lipinski definition) is 0. The Balaban J connectivity index is 2.26. The molecule has 0 saturated carbocycles. The van der Waals surface area contributed by atoms with Crippen molar-refractivity contribution in [3.63, 3.8) is 0 Å². The van der Waals surface area contributed by atoms with E-state index in [1.54, 1.807) is 36.4 Å². The number of rotatable bonds is 3. The maximum atomic E-state index is 12.3. The van der Waals surface area contributed by atoms with Crippen molar-refractivity contribution in [1.29, 1.82) is 0 Å². The fraction of sp³-hybridized carbons (Fsp3) is 0.533. The zero-order valence-electron chi connectivity index (χ0n) is 12.5. The van der Waals surface area contributed by atoms with Gasteiger partial charge in [-0.25, -0.2) is 4.79 Å². The maximum Gasteiger partial charge on any atom is 0.417 e. The van der Waals surface area contributed by atoms with E-state index in [2.05, 4.69) is 0 Å². The smallest absolute Gasteiger partial charge is 0.417 e. The summed E-state index contributed by atoms with van der Waals surface area (Å²) in [6.45, 7) is 6.36. The molecule has 2 aliphatic heterocycles. The lowest BCUT2D eigenvalue weighted by Gasteiger charge is -2.30. The molecule has 0 aliphatic carbocycles. The Hall–Kier alpha value is -2.11. The van der Waals surface area contributed by atoms with Gasteiger partial charge < -0.3 is 9.64 Å². The van der Waals surface area contributed by atoms with Crippen LogP contribution in [0.2, 0.25) is 0 Å². The van der Waals surface area contributed by atoms with Gasteiger partial charge in [-0.15, -0.1) is 0 Å². The summed E-state index contributed by atoms with van der Waals surface area (Å²) in [4.78, 5) is 38.8. The second-order valence-electron chi connectivity index (χ2n) is 5.25. The molecule has 2 aliphatic rings. The minimum absolute atomic E-state index is 0.149. The predicted molar refractivity (Wildman–Crippen MR) is 76.0 cm³/mol. The molecule has 21 heavy (non-hydrogen) atoms. The van der Waals surface area contributed by atoms with Crippen molar-refractivity contribution in [1.82, 2.24) is 9.80 Å². The first kappa shape index (κ1) is 15.3. The summed E-state index contributed by atoms with van der Waals surface area (Å²) in [6, 6.07) is 0. The van der Waals surface area contributed by atoms with Gasteiger partial charge in [0, 0.05) is 30.9 Å². The molecule has 0 aromatic rings. The number of carbonyl (C=O) groups excluding carboxylic acids is 3. The van der Waals surface area contributed by atoms with Crippen LogP contribution in [0.4, 0.5) is 4.79 Å². The number of amides is 2. The van der Waals surface area contributed by atoms with Crippen LogP contribution in [0.25, 0.3) is 0 Å². The monoisotopic (exact) mass is 292 g/mol. The van der Waals surface area contributed by atoms with E-state index in [0.717, 1.165) is 0 Å². The number of nitrogens with zero attached hydrogens (tertiary/aromatic N) is 2. The Morgan fingerprint density at radius 3 is 2.43 bits per heavy atom. The molecular formula is C15H20N2O4. The Labute approximate surface area is 124 Å². The quantitative estimate of drug-likeness (QED) is 0.740. The first-order valence-corrected chi connectivity index (χ1v) is 7.08. The summed E-state index contributed by atoms with van der Waals surface area (Å²) in [7, 11) is 0. The summed E-state index contributed by atoms with van der Waals surface area (Å²) in [5, 5.41) is 0. The largest absolute Gasteiger partial charge is 0.449 e. The number of likely N-dealkylation sites (tertiary alicyclic amines) is 1. The molecular weight excluding hydrogens is 272 g/mol. The zero-order valence-corrected chi connectivity index (χ0v) is 12.5. The fourth-order valence-corrected chi connectivity index (χ4v) is 2.89. The summed E-state index contributed by atoms with van der Waals surface area (Å²) < 4.78 is 4.91. The highest BCUT2D eigenvalue weighted by Crippen LogP contribution is 2.42. The van der Waals surface area contributed by atoms with Gasteiger partial charge in [0.2, 0.25) is 5.91 Å². The van der Waals surface area contributed by atoms with Crippen molar-refractivity contribution in [2.24, 2.45) is 11.3 Å². The first-order chi connectivity index (χ1) is 9.95. The van der Waals surface area contributed by atoms with Gasteiger partial charge >= 0.3 is 6.09 Å². The Kier molecular flexibility index (Phi) is 4.16. The van der Waals surface area contributed by atoms with Crippen LogP contribution in [0.15, 0.2) is 24.6 Å². The second kappa shape index (κ2) is 5.71. The van der Waals surface area contributed by atoms with Crippen LogP contribution in [0.5, 0.6) is 0 Å². The molecule has 0 aromatic heterocycles. The molecule has 6 heteroatoms. The van der Waals surface area contributed by atoms with Crippen LogP contribution in [0.3, 0.4) is 0 Å². The first-order valence-electron chi connectivity index (χ1n) is 7.08. The number of ketones is 1. The SMILES string of the molecule is CCOC(=O)N1C=CC2(C=C1)CN(CC)C(=O)C2C(C)=O. The molecule has 2 amide bonds. The van der Waals surface area contributed by atoms with Crippen molar-refractivity contribution in [2.75, 3.05) is 19.7 Å². The van der Waals surface area contributed by atoms with Crippen LogP contribution in [-0.2, 0) is 14.3 Å². The van der Waals surface area contributed by atoms with E-state index in [0.29, 0.717) is 19.7 Å². The van der Waals surface area contributed by atoms with E-state index < -0.39 is 17.4 Å². The molecule has 6 nitrogen and oxygen atoms in total. The van der Waals surface area contributed by atoms with Gasteiger partial charge in [0.15, 0.2) is 0 Å². The van der Waals surface area contributed by atoms with Crippen molar-refractivity contribution < 1.29 is 19.1 Å². The second-order valence-corrected chi connectivity index (χ2v) is 5.25. The highest BCUT2D eigenvalue weighted by atomic mass is 16.5. The van der Waals surface area contributed by atoms with E-state index in [1.807, 2.05) is 6.92 Å². The Bertz CT molecular complexity index is 510. The lowest BCUT2D eigenvalue weighted by Crippen LogP contribution is -2.36. The lowest BCUT2D eigenvalue weighted by molar-refractivity contribution is -0.136. The summed E-state index contributed by atoms with van der Waals surface area (Å²) in [6.07, 6.45) is 6.17. The Morgan fingerprint density at radius 2 is 1.95 bits per heavy atom. The molecule has 1 atom stereocenters. The summed E-state index contributed by atoms with van der Waals surface area (Å²) in [5.41, 5.74) is -0.665. The lowest BCUT2D eigenvalue weighted by atomic mass is 9.75. The highest BCUT2D eigenvalue weighted by Gasteiger charge is 2.52. The topological polar surface area (TPSA) is 66.9 Å². The molecule has 1 saturated heterocycles. The van der Waals surface area contributed by atoms with E-state index in [9.17, 15) is 14.4 Å². The third kappa shape index (κ3) is 2.57. The average Bonchev–Trinajstić information content (AvgIpc) is 2.72. The third-order valence-electron chi connectivity index (χ3n) is 3.92. The summed E-state index contributed by atoms with van der Waals surface area (Å²) >= 11 is 0. The van der Waals surface area contributed by atoms with Crippen molar-refractivity contribution in [3.05, 3.63) is 24.6 Å². The van der Waals surface area contributed by atoms with E-state index >= 15 is 0 Å². The van der Waals surface area contributed by atoms with Crippen LogP contribution in [0, 0.1) is 11.3 Å². The molecule has 0 N–H and O–H groups in total. The van der Waals surface area contributed by atoms with Crippen molar-refractivity contribution in [3.8, 4) is 0 Å². The van der Waals surface area contributed by atoms with Crippen LogP contribution in [-0.4, -0.2) is 47.3 Å². The molecule has 2 heterocycles. The number of hydrogen-bond acceptors (Lipinski definition) is 4. The standard InChI is InChI=1S/C15H20N2O4/c1-4-16-10-15(12(11(3)18)13(16)19)6-8-17(9-7-15)14(20)21-5-2/h6-9,12H,4-5,10H2,1-3H3. The van der Waals surface area contributed by atoms with Gasteiger partial charge in [-0.3, -0.25) is 14.5 Å². The number of ether oxygens (including phenoxy) is 1. The average molecular weight is 292 g/mol. The van der Waals surface area contributed by atoms with Gasteiger partial charge in [-0.1, -0.05) is 12.2 Å². The van der Waals surface area contributed by atoms with Gasteiger partial charge in [0.1, 0.15) is 11.7 Å². The van der Waals surface area contributed by atoms with Crippen molar-refractivity contribution in [2.45, 2.75) is 20.8 Å². The molecule has 1 spiro atoms. The molecule has 0 aromatic carbocycles. The molecule has 0 bridgehead atoms. The van der Waals surface area contributed by atoms with Crippen molar-refractivity contribution >= 4 is 17.8 Å². The van der Waals surface area contributed by atoms with E-state index in [-0.39, 0.29) is 11.7 Å². The minimum atomic E-state index is -0.714. The maximum absolute atomic E-state index is 12.3. The molecule has 2 rings (SSSR count). The fourth-order valence-electron chi connectivity index (χ4n) is 2.89. The van der Waals surface area contributed by atoms with Gasteiger partial charge in [-0.05, 0) is 20.8 Å². The van der Waals surface area contributed by atoms with Gasteiger partial charge in [0.05, 0.1) is 6.61 Å². The molecule has 1 unspecified atom stereocenters. The summed E-state index contributed by atoms with van der Waals surface area (Å²) in [5.74, 6) is -1.02. The number of Topliss-reactive ketones (excluding diaryl/α,β-unsaturated/α-hetero) is 1. The Morgan fingerprint density at radius 1 is 1.33 bits per heavy atom. The van der Waals surface area contributed by atoms with E-state index in [4.69, 9.17) is 4.74 Å². The predicted octanol–water partition coefficient (Wildman–Crippen LogP) is 1.54. The van der Waals surface area contributed by atoms with E-state index in [1.165, 1.54) is 11.8 Å². The molecule has 1 fully saturated rings. The minimum Gasteiger partial charge on any atom is -0.449 e.